The van der Waals surface area contributed by atoms with Gasteiger partial charge < -0.3 is 5.32 Å². The lowest BCUT2D eigenvalue weighted by Gasteiger charge is -2.24. The van der Waals surface area contributed by atoms with E-state index in [0.717, 1.165) is 4.88 Å². The van der Waals surface area contributed by atoms with Crippen molar-refractivity contribution in [2.45, 2.75) is 46.6 Å². The van der Waals surface area contributed by atoms with Crippen LogP contribution in [0.3, 0.4) is 0 Å². The lowest BCUT2D eigenvalue weighted by Crippen LogP contribution is -2.40. The highest BCUT2D eigenvalue weighted by molar-refractivity contribution is 7.12. The van der Waals surface area contributed by atoms with Crippen LogP contribution in [0.4, 0.5) is 0 Å². The summed E-state index contributed by atoms with van der Waals surface area (Å²) in [6.45, 7) is 7.76. The molecule has 1 heterocycles. The zero-order valence-electron chi connectivity index (χ0n) is 11.4. The number of nitrogens with one attached hydrogen (secondary N) is 1. The van der Waals surface area contributed by atoms with E-state index in [-0.39, 0.29) is 11.9 Å². The van der Waals surface area contributed by atoms with E-state index in [1.54, 1.807) is 11.3 Å². The summed E-state index contributed by atoms with van der Waals surface area (Å²) in [4.78, 5) is 14.6. The summed E-state index contributed by atoms with van der Waals surface area (Å²) < 4.78 is 0. The molecule has 0 aromatic carbocycles. The van der Waals surface area contributed by atoms with Gasteiger partial charge in [0.05, 0.1) is 12.1 Å². The monoisotopic (exact) mass is 264 g/mol. The summed E-state index contributed by atoms with van der Waals surface area (Å²) in [5, 5.41) is 12.2. The Kier molecular flexibility index (Phi) is 4.92. The van der Waals surface area contributed by atoms with Gasteiger partial charge in [0.2, 0.25) is 5.91 Å². The Balaban J connectivity index is 2.79. The fraction of sp³-hybridized carbons (Fsp3) is 0.571. The first-order valence-corrected chi connectivity index (χ1v) is 7.09. The van der Waals surface area contributed by atoms with Crippen LogP contribution in [0.5, 0.6) is 0 Å². The van der Waals surface area contributed by atoms with E-state index in [9.17, 15) is 10.1 Å². The molecule has 0 fully saturated rings. The fourth-order valence-electron chi connectivity index (χ4n) is 1.87. The molecular formula is C14H20N2OS. The maximum absolute atomic E-state index is 12.2. The van der Waals surface area contributed by atoms with Gasteiger partial charge in [-0.15, -0.1) is 11.3 Å². The number of amides is 1. The molecule has 1 amide bonds. The first kappa shape index (κ1) is 14.7. The molecule has 1 rings (SSSR count). The van der Waals surface area contributed by atoms with Crippen LogP contribution in [-0.2, 0) is 4.79 Å². The van der Waals surface area contributed by atoms with Gasteiger partial charge in [-0.25, -0.2) is 0 Å². The molecule has 0 radical (unpaired) electrons. The molecule has 0 spiro atoms. The lowest BCUT2D eigenvalue weighted by atomic mass is 9.83. The molecule has 18 heavy (non-hydrogen) atoms. The van der Waals surface area contributed by atoms with E-state index in [2.05, 4.69) is 11.4 Å². The van der Waals surface area contributed by atoms with Gasteiger partial charge in [0.15, 0.2) is 0 Å². The van der Waals surface area contributed by atoms with Crippen LogP contribution in [-0.4, -0.2) is 5.91 Å². The van der Waals surface area contributed by atoms with Crippen LogP contribution in [0, 0.1) is 23.7 Å². The molecule has 0 bridgehead atoms. The minimum atomic E-state index is -0.888. The van der Waals surface area contributed by atoms with Gasteiger partial charge in [-0.3, -0.25) is 4.79 Å². The molecule has 1 unspecified atom stereocenters. The number of carbonyl (C=O) groups excluding carboxylic acids is 1. The second kappa shape index (κ2) is 6.01. The van der Waals surface area contributed by atoms with E-state index in [4.69, 9.17) is 0 Å². The number of thiophene rings is 1. The summed E-state index contributed by atoms with van der Waals surface area (Å²) in [6.07, 6.45) is 1.09. The first-order valence-electron chi connectivity index (χ1n) is 6.27. The second-order valence-corrected chi connectivity index (χ2v) is 5.86. The Morgan fingerprint density at radius 1 is 1.50 bits per heavy atom. The van der Waals surface area contributed by atoms with Crippen molar-refractivity contribution < 1.29 is 4.79 Å². The molecule has 0 saturated carbocycles. The van der Waals surface area contributed by atoms with Gasteiger partial charge in [-0.1, -0.05) is 13.8 Å². The van der Waals surface area contributed by atoms with Crippen LogP contribution < -0.4 is 5.32 Å². The highest BCUT2D eigenvalue weighted by Gasteiger charge is 2.35. The second-order valence-electron chi connectivity index (χ2n) is 4.54. The molecule has 4 heteroatoms. The summed E-state index contributed by atoms with van der Waals surface area (Å²) >= 11 is 1.67. The standard InChI is InChI=1S/C14H20N2OS/c1-5-14(6-2,9-15)13(17)16-11(4)12-8-7-10(3)18-12/h7-8,11H,5-6H2,1-4H3,(H,16,17). The lowest BCUT2D eigenvalue weighted by molar-refractivity contribution is -0.129. The van der Waals surface area contributed by atoms with Crippen LogP contribution in [0.15, 0.2) is 12.1 Å². The molecule has 0 aliphatic carbocycles. The topological polar surface area (TPSA) is 52.9 Å². The van der Waals surface area contributed by atoms with E-state index < -0.39 is 5.41 Å². The normalized spacial score (nSPS) is 12.8. The maximum Gasteiger partial charge on any atom is 0.240 e. The quantitative estimate of drug-likeness (QED) is 0.884. The third-order valence-electron chi connectivity index (χ3n) is 3.39. The van der Waals surface area contributed by atoms with E-state index >= 15 is 0 Å². The average molecular weight is 264 g/mol. The smallest absolute Gasteiger partial charge is 0.240 e. The number of nitriles is 1. The highest BCUT2D eigenvalue weighted by Crippen LogP contribution is 2.28. The van der Waals surface area contributed by atoms with Gasteiger partial charge in [0.1, 0.15) is 5.41 Å². The molecule has 0 aliphatic rings. The SMILES string of the molecule is CCC(C#N)(CC)C(=O)NC(C)c1ccc(C)s1. The summed E-state index contributed by atoms with van der Waals surface area (Å²) in [5.74, 6) is -0.159. The van der Waals surface area contributed by atoms with Gasteiger partial charge in [0, 0.05) is 9.75 Å². The number of rotatable bonds is 5. The van der Waals surface area contributed by atoms with Crippen LogP contribution in [0.1, 0.15) is 49.4 Å². The molecule has 1 aromatic rings. The predicted octanol–water partition coefficient (Wildman–Crippen LogP) is 3.56. The molecule has 0 saturated heterocycles. The molecule has 0 aliphatic heterocycles. The Hall–Kier alpha value is -1.34. The van der Waals surface area contributed by atoms with Crippen LogP contribution >= 0.6 is 11.3 Å². The van der Waals surface area contributed by atoms with E-state index in [1.807, 2.05) is 39.8 Å². The van der Waals surface area contributed by atoms with Gasteiger partial charge >= 0.3 is 0 Å². The zero-order chi connectivity index (χ0) is 13.8. The Bertz CT molecular complexity index is 455. The van der Waals surface area contributed by atoms with Gasteiger partial charge in [-0.05, 0) is 38.8 Å². The maximum atomic E-state index is 12.2. The molecular weight excluding hydrogens is 244 g/mol. The van der Waals surface area contributed by atoms with Gasteiger partial charge in [0.25, 0.3) is 0 Å². The van der Waals surface area contributed by atoms with Crippen molar-refractivity contribution >= 4 is 17.2 Å². The molecule has 98 valence electrons. The largest absolute Gasteiger partial charge is 0.347 e. The molecule has 1 N–H and O–H groups in total. The third kappa shape index (κ3) is 2.91. The van der Waals surface area contributed by atoms with E-state index in [0.29, 0.717) is 12.8 Å². The van der Waals surface area contributed by atoms with Crippen molar-refractivity contribution in [3.05, 3.63) is 21.9 Å². The van der Waals surface area contributed by atoms with Crippen molar-refractivity contribution in [2.75, 3.05) is 0 Å². The fourth-order valence-corrected chi connectivity index (χ4v) is 2.75. The Morgan fingerprint density at radius 2 is 2.11 bits per heavy atom. The summed E-state index contributed by atoms with van der Waals surface area (Å²) in [6, 6.07) is 6.19. The van der Waals surface area contributed by atoms with Crippen molar-refractivity contribution in [1.82, 2.24) is 5.32 Å². The Labute approximate surface area is 113 Å². The van der Waals surface area contributed by atoms with Crippen molar-refractivity contribution in [2.24, 2.45) is 5.41 Å². The highest BCUT2D eigenvalue weighted by atomic mass is 32.1. The average Bonchev–Trinajstić information content (AvgIpc) is 2.79. The van der Waals surface area contributed by atoms with Crippen molar-refractivity contribution in [1.29, 1.82) is 5.26 Å². The summed E-state index contributed by atoms with van der Waals surface area (Å²) in [5.41, 5.74) is -0.888. The zero-order valence-corrected chi connectivity index (χ0v) is 12.2. The van der Waals surface area contributed by atoms with E-state index in [1.165, 1.54) is 4.88 Å². The summed E-state index contributed by atoms with van der Waals surface area (Å²) in [7, 11) is 0. The van der Waals surface area contributed by atoms with Crippen LogP contribution in [0.2, 0.25) is 0 Å². The minimum absolute atomic E-state index is 0.0398. The first-order chi connectivity index (χ1) is 8.49. The van der Waals surface area contributed by atoms with Crippen LogP contribution in [0.25, 0.3) is 0 Å². The number of nitrogens with zero attached hydrogens (tertiary/aromatic N) is 1. The Morgan fingerprint density at radius 3 is 2.50 bits per heavy atom. The number of hydrogen-bond acceptors (Lipinski definition) is 3. The van der Waals surface area contributed by atoms with Crippen molar-refractivity contribution in [3.8, 4) is 6.07 Å². The third-order valence-corrected chi connectivity index (χ3v) is 4.57. The van der Waals surface area contributed by atoms with Gasteiger partial charge in [-0.2, -0.15) is 5.26 Å². The van der Waals surface area contributed by atoms with Crippen molar-refractivity contribution in [3.63, 3.8) is 0 Å². The molecule has 1 aromatic heterocycles. The molecule has 3 nitrogen and oxygen atoms in total. The number of aryl methyl sites for hydroxylation is 1. The number of hydrogen-bond donors (Lipinski definition) is 1. The predicted molar refractivity (Wildman–Crippen MR) is 74.2 cm³/mol. The number of carbonyl (C=O) groups is 1. The molecule has 1 atom stereocenters. The minimum Gasteiger partial charge on any atom is -0.347 e.